The van der Waals surface area contributed by atoms with E-state index in [9.17, 15) is 19.8 Å². The normalized spacial score (nSPS) is 37.9. The third kappa shape index (κ3) is 5.28. The number of hydrogen-bond acceptors (Lipinski definition) is 6. The number of fused-ring (bicyclic) bond motifs is 1. The molecule has 1 saturated heterocycles. The zero-order chi connectivity index (χ0) is 21.1. The van der Waals surface area contributed by atoms with Crippen LogP contribution in [0, 0.1) is 23.7 Å². The molecule has 29 heavy (non-hydrogen) atoms. The van der Waals surface area contributed by atoms with Gasteiger partial charge in [0, 0.05) is 18.8 Å². The Balaban J connectivity index is 1.74. The highest BCUT2D eigenvalue weighted by molar-refractivity contribution is 5.72. The van der Waals surface area contributed by atoms with Gasteiger partial charge in [-0.3, -0.25) is 9.59 Å². The number of cyclic esters (lactones) is 1. The number of hydrogen-bond donors (Lipinski definition) is 2. The van der Waals surface area contributed by atoms with Gasteiger partial charge in [0.15, 0.2) is 0 Å². The summed E-state index contributed by atoms with van der Waals surface area (Å²) in [5, 5.41) is 20.2. The van der Waals surface area contributed by atoms with Crippen LogP contribution < -0.4 is 0 Å². The van der Waals surface area contributed by atoms with E-state index < -0.39 is 12.2 Å². The quantitative estimate of drug-likeness (QED) is 0.659. The van der Waals surface area contributed by atoms with Crippen molar-refractivity contribution in [3.05, 3.63) is 23.8 Å². The van der Waals surface area contributed by atoms with Crippen molar-refractivity contribution in [1.29, 1.82) is 0 Å². The van der Waals surface area contributed by atoms with Crippen LogP contribution in [0.1, 0.15) is 59.3 Å². The number of carbonyl (C=O) groups is 2. The van der Waals surface area contributed by atoms with E-state index in [1.807, 2.05) is 26.0 Å². The largest absolute Gasteiger partial charge is 0.462 e. The van der Waals surface area contributed by atoms with Gasteiger partial charge in [-0.15, -0.1) is 0 Å². The van der Waals surface area contributed by atoms with Crippen LogP contribution in [0.3, 0.4) is 0 Å². The van der Waals surface area contributed by atoms with Crippen LogP contribution in [0.5, 0.6) is 0 Å². The minimum Gasteiger partial charge on any atom is -0.462 e. The van der Waals surface area contributed by atoms with Crippen molar-refractivity contribution < 1.29 is 29.3 Å². The summed E-state index contributed by atoms with van der Waals surface area (Å²) in [6.07, 6.45) is 7.31. The fourth-order valence-electron chi connectivity index (χ4n) is 4.84. The van der Waals surface area contributed by atoms with Crippen molar-refractivity contribution in [1.82, 2.24) is 0 Å². The molecule has 8 atom stereocenters. The molecule has 0 amide bonds. The van der Waals surface area contributed by atoms with Crippen LogP contribution in [-0.2, 0) is 19.1 Å². The van der Waals surface area contributed by atoms with Gasteiger partial charge in [0.1, 0.15) is 12.2 Å². The summed E-state index contributed by atoms with van der Waals surface area (Å²) in [6, 6.07) is 0. The topological polar surface area (TPSA) is 93.1 Å². The first-order chi connectivity index (χ1) is 13.8. The summed E-state index contributed by atoms with van der Waals surface area (Å²) in [5.41, 5.74) is 1.02. The highest BCUT2D eigenvalue weighted by Gasteiger charge is 2.42. The first kappa shape index (κ1) is 22.0. The Kier molecular flexibility index (Phi) is 7.17. The van der Waals surface area contributed by atoms with E-state index in [-0.39, 0.29) is 54.2 Å². The Morgan fingerprint density at radius 1 is 1.31 bits per heavy atom. The summed E-state index contributed by atoms with van der Waals surface area (Å²) in [4.78, 5) is 24.1. The van der Waals surface area contributed by atoms with E-state index in [1.54, 1.807) is 0 Å². The number of allylic oxidation sites excluding steroid dienone is 2. The first-order valence-electron chi connectivity index (χ1n) is 10.9. The fraction of sp³-hybridized carbons (Fsp3) is 0.739. The van der Waals surface area contributed by atoms with Crippen molar-refractivity contribution in [2.24, 2.45) is 23.7 Å². The fourth-order valence-corrected chi connectivity index (χ4v) is 4.84. The highest BCUT2D eigenvalue weighted by Crippen LogP contribution is 2.44. The molecule has 0 radical (unpaired) electrons. The second-order valence-electron chi connectivity index (χ2n) is 8.95. The summed E-state index contributed by atoms with van der Waals surface area (Å²) in [6.45, 7) is 5.97. The third-order valence-electron chi connectivity index (χ3n) is 6.71. The number of aliphatic hydroxyl groups is 2. The van der Waals surface area contributed by atoms with Gasteiger partial charge in [0.25, 0.3) is 0 Å². The average Bonchev–Trinajstić information content (AvgIpc) is 2.65. The lowest BCUT2D eigenvalue weighted by Crippen LogP contribution is -2.43. The minimum atomic E-state index is -0.630. The van der Waals surface area contributed by atoms with Gasteiger partial charge in [0.05, 0.1) is 24.5 Å². The van der Waals surface area contributed by atoms with Crippen molar-refractivity contribution in [2.45, 2.75) is 83.7 Å². The lowest BCUT2D eigenvalue weighted by Gasteiger charge is -2.43. The van der Waals surface area contributed by atoms with Crippen LogP contribution >= 0.6 is 0 Å². The minimum absolute atomic E-state index is 0.0237. The van der Waals surface area contributed by atoms with Gasteiger partial charge in [-0.2, -0.15) is 0 Å². The average molecular weight is 407 g/mol. The highest BCUT2D eigenvalue weighted by atomic mass is 16.6. The predicted octanol–water partition coefficient (Wildman–Crippen LogP) is 2.92. The molecule has 3 aliphatic rings. The maximum absolute atomic E-state index is 12.5. The molecule has 0 saturated carbocycles. The van der Waals surface area contributed by atoms with Crippen molar-refractivity contribution in [3.63, 3.8) is 0 Å². The molecule has 0 aromatic carbocycles. The zero-order valence-corrected chi connectivity index (χ0v) is 17.6. The maximum Gasteiger partial charge on any atom is 0.308 e. The molecule has 0 aromatic rings. The maximum atomic E-state index is 12.5. The third-order valence-corrected chi connectivity index (χ3v) is 6.71. The Hall–Kier alpha value is -1.66. The molecule has 1 aliphatic heterocycles. The molecule has 6 heteroatoms. The number of aliphatic hydroxyl groups excluding tert-OH is 2. The summed E-state index contributed by atoms with van der Waals surface area (Å²) >= 11 is 0. The van der Waals surface area contributed by atoms with Crippen LogP contribution in [0.25, 0.3) is 0 Å². The zero-order valence-electron chi connectivity index (χ0n) is 17.6. The lowest BCUT2D eigenvalue weighted by molar-refractivity contribution is -0.162. The van der Waals surface area contributed by atoms with Crippen LogP contribution in [0.15, 0.2) is 23.8 Å². The second-order valence-corrected chi connectivity index (χ2v) is 8.95. The lowest BCUT2D eigenvalue weighted by atomic mass is 9.66. The predicted molar refractivity (Wildman–Crippen MR) is 108 cm³/mol. The molecule has 3 rings (SSSR count). The Morgan fingerprint density at radius 2 is 2.07 bits per heavy atom. The van der Waals surface area contributed by atoms with Gasteiger partial charge >= 0.3 is 11.9 Å². The Labute approximate surface area is 173 Å². The molecule has 2 aliphatic carbocycles. The molecular formula is C23H34O6. The van der Waals surface area contributed by atoms with E-state index in [4.69, 9.17) is 9.47 Å². The summed E-state index contributed by atoms with van der Waals surface area (Å²) < 4.78 is 11.3. The number of esters is 2. The van der Waals surface area contributed by atoms with Gasteiger partial charge in [-0.1, -0.05) is 39.0 Å². The van der Waals surface area contributed by atoms with Gasteiger partial charge in [-0.05, 0) is 36.7 Å². The number of rotatable bonds is 6. The molecule has 0 spiro atoms. The molecular weight excluding hydrogens is 372 g/mol. The van der Waals surface area contributed by atoms with Crippen molar-refractivity contribution >= 4 is 11.9 Å². The van der Waals surface area contributed by atoms with Gasteiger partial charge < -0.3 is 19.7 Å². The van der Waals surface area contributed by atoms with Crippen LogP contribution in [-0.4, -0.2) is 46.6 Å². The van der Waals surface area contributed by atoms with Crippen LogP contribution in [0.4, 0.5) is 0 Å². The Morgan fingerprint density at radius 3 is 2.76 bits per heavy atom. The SMILES string of the molecule is CCC(C)C(=O)OC1CC(O)C=C2C=CC(C)C(CCC3C[C@H](O)CC(=O)O3)[C@@H]21. The molecule has 162 valence electrons. The monoisotopic (exact) mass is 406 g/mol. The summed E-state index contributed by atoms with van der Waals surface area (Å²) in [7, 11) is 0. The Bertz CT molecular complexity index is 668. The van der Waals surface area contributed by atoms with E-state index in [0.717, 1.165) is 18.4 Å². The molecule has 2 N–H and O–H groups in total. The van der Waals surface area contributed by atoms with E-state index in [1.165, 1.54) is 0 Å². The molecule has 6 unspecified atom stereocenters. The molecule has 1 fully saturated rings. The number of carbonyl (C=O) groups excluding carboxylic acids is 2. The van der Waals surface area contributed by atoms with Gasteiger partial charge in [-0.25, -0.2) is 0 Å². The molecule has 0 aromatic heterocycles. The summed E-state index contributed by atoms with van der Waals surface area (Å²) in [5.74, 6) is -0.203. The van der Waals surface area contributed by atoms with Crippen LogP contribution in [0.2, 0.25) is 0 Å². The molecule has 6 nitrogen and oxygen atoms in total. The number of ether oxygens (including phenoxy) is 2. The smallest absolute Gasteiger partial charge is 0.308 e. The van der Waals surface area contributed by atoms with Crippen molar-refractivity contribution in [3.8, 4) is 0 Å². The molecule has 1 heterocycles. The van der Waals surface area contributed by atoms with Crippen molar-refractivity contribution in [2.75, 3.05) is 0 Å². The molecule has 0 bridgehead atoms. The van der Waals surface area contributed by atoms with E-state index in [0.29, 0.717) is 19.3 Å². The van der Waals surface area contributed by atoms with E-state index >= 15 is 0 Å². The second kappa shape index (κ2) is 9.43. The first-order valence-corrected chi connectivity index (χ1v) is 10.9. The van der Waals surface area contributed by atoms with Gasteiger partial charge in [0.2, 0.25) is 0 Å². The van der Waals surface area contributed by atoms with E-state index in [2.05, 4.69) is 13.0 Å². The standard InChI is InChI=1S/C23H34O6/c1-4-13(2)23(27)29-20-11-16(24)9-15-6-5-14(3)19(22(15)20)8-7-18-10-17(25)12-21(26)28-18/h5-6,9,13-14,16-20,22,24-25H,4,7-8,10-12H2,1-3H3/t13?,14?,16?,17-,18?,19?,20?,22+/m0/s1.